The average Bonchev–Trinajstić information content (AvgIpc) is 2.77. The van der Waals surface area contributed by atoms with Gasteiger partial charge in [0.1, 0.15) is 0 Å². The monoisotopic (exact) mass is 320 g/mol. The lowest BCUT2D eigenvalue weighted by atomic mass is 9.96. The van der Waals surface area contributed by atoms with Crippen LogP contribution in [-0.4, -0.2) is 18.1 Å². The highest BCUT2D eigenvalue weighted by Crippen LogP contribution is 2.36. The Kier molecular flexibility index (Phi) is 3.68. The predicted molar refractivity (Wildman–Crippen MR) is 84.9 cm³/mol. The van der Waals surface area contributed by atoms with Crippen molar-refractivity contribution in [2.45, 2.75) is 38.5 Å². The average molecular weight is 321 g/mol. The predicted octanol–water partition coefficient (Wildman–Crippen LogP) is 4.52. The molecule has 0 aliphatic carbocycles. The van der Waals surface area contributed by atoms with Crippen LogP contribution in [0.25, 0.3) is 10.9 Å². The highest BCUT2D eigenvalue weighted by molar-refractivity contribution is 9.10. The van der Waals surface area contributed by atoms with Crippen LogP contribution in [0.15, 0.2) is 22.7 Å². The lowest BCUT2D eigenvalue weighted by molar-refractivity contribution is 0.455. The minimum atomic E-state index is 0.575. The maximum atomic E-state index is 3.81. The van der Waals surface area contributed by atoms with E-state index < -0.39 is 0 Å². The molecule has 0 amide bonds. The quantitative estimate of drug-likeness (QED) is 0.836. The van der Waals surface area contributed by atoms with Crippen molar-refractivity contribution in [1.29, 1.82) is 0 Å². The molecule has 0 bridgehead atoms. The van der Waals surface area contributed by atoms with Crippen molar-refractivity contribution < 1.29 is 0 Å². The topological polar surface area (TPSA) is 27.8 Å². The molecular weight excluding hydrogens is 300 g/mol. The Morgan fingerprint density at radius 3 is 2.84 bits per heavy atom. The summed E-state index contributed by atoms with van der Waals surface area (Å²) in [5.41, 5.74) is 4.01. The third kappa shape index (κ3) is 2.46. The highest BCUT2D eigenvalue weighted by atomic mass is 79.9. The van der Waals surface area contributed by atoms with E-state index in [1.165, 1.54) is 39.5 Å². The van der Waals surface area contributed by atoms with E-state index in [2.05, 4.69) is 58.3 Å². The van der Waals surface area contributed by atoms with Crippen molar-refractivity contribution in [3.05, 3.63) is 33.9 Å². The van der Waals surface area contributed by atoms with Crippen molar-refractivity contribution in [3.63, 3.8) is 0 Å². The molecule has 102 valence electrons. The molecule has 1 aliphatic heterocycles. The molecule has 2 heterocycles. The standard InChI is InChI=1S/C16H21BrN2/c1-10(2)11-5-6-14-13(8-11)15(17)16(19-14)12-4-3-7-18-9-12/h5-6,8,10,12,18-19H,3-4,7,9H2,1-2H3. The fourth-order valence-electron chi connectivity index (χ4n) is 2.94. The number of H-pyrrole nitrogens is 1. The number of benzene rings is 1. The summed E-state index contributed by atoms with van der Waals surface area (Å²) in [6.45, 7) is 6.73. The minimum absolute atomic E-state index is 0.575. The first-order valence-corrected chi connectivity index (χ1v) is 7.98. The summed E-state index contributed by atoms with van der Waals surface area (Å²) >= 11 is 3.81. The van der Waals surface area contributed by atoms with Gasteiger partial charge in [-0.2, -0.15) is 0 Å². The molecule has 1 aromatic carbocycles. The zero-order chi connectivity index (χ0) is 13.4. The highest BCUT2D eigenvalue weighted by Gasteiger charge is 2.21. The summed E-state index contributed by atoms with van der Waals surface area (Å²) in [7, 11) is 0. The van der Waals surface area contributed by atoms with E-state index in [9.17, 15) is 0 Å². The van der Waals surface area contributed by atoms with Gasteiger partial charge in [-0.15, -0.1) is 0 Å². The molecule has 2 N–H and O–H groups in total. The Balaban J connectivity index is 2.04. The van der Waals surface area contributed by atoms with E-state index in [0.29, 0.717) is 11.8 Å². The molecule has 1 saturated heterocycles. The summed E-state index contributed by atoms with van der Waals surface area (Å²) in [5.74, 6) is 1.18. The number of piperidine rings is 1. The number of hydrogen-bond donors (Lipinski definition) is 2. The van der Waals surface area contributed by atoms with Crippen LogP contribution in [0, 0.1) is 0 Å². The smallest absolute Gasteiger partial charge is 0.0468 e. The molecule has 19 heavy (non-hydrogen) atoms. The van der Waals surface area contributed by atoms with Gasteiger partial charge >= 0.3 is 0 Å². The first-order chi connectivity index (χ1) is 9.16. The van der Waals surface area contributed by atoms with E-state index in [1.54, 1.807) is 0 Å². The van der Waals surface area contributed by atoms with E-state index >= 15 is 0 Å². The first-order valence-electron chi connectivity index (χ1n) is 7.18. The number of nitrogens with one attached hydrogen (secondary N) is 2. The maximum Gasteiger partial charge on any atom is 0.0468 e. The third-order valence-corrected chi connectivity index (χ3v) is 5.01. The van der Waals surface area contributed by atoms with E-state index in [0.717, 1.165) is 13.1 Å². The fraction of sp³-hybridized carbons (Fsp3) is 0.500. The molecular formula is C16H21BrN2. The molecule has 1 aliphatic rings. The van der Waals surface area contributed by atoms with Gasteiger partial charge in [0.2, 0.25) is 0 Å². The van der Waals surface area contributed by atoms with E-state index in [1.807, 2.05) is 0 Å². The Bertz CT molecular complexity index is 580. The zero-order valence-electron chi connectivity index (χ0n) is 11.6. The maximum absolute atomic E-state index is 3.81. The van der Waals surface area contributed by atoms with Gasteiger partial charge in [-0.3, -0.25) is 0 Å². The molecule has 3 rings (SSSR count). The first kappa shape index (κ1) is 13.2. The number of rotatable bonds is 2. The van der Waals surface area contributed by atoms with Gasteiger partial charge < -0.3 is 10.3 Å². The second kappa shape index (κ2) is 5.29. The van der Waals surface area contributed by atoms with Gasteiger partial charge in [-0.05, 0) is 58.9 Å². The number of fused-ring (bicyclic) bond motifs is 1. The van der Waals surface area contributed by atoms with E-state index in [-0.39, 0.29) is 0 Å². The van der Waals surface area contributed by atoms with Crippen LogP contribution in [0.2, 0.25) is 0 Å². The largest absolute Gasteiger partial charge is 0.357 e. The van der Waals surface area contributed by atoms with Gasteiger partial charge in [0.15, 0.2) is 0 Å². The molecule has 1 atom stereocenters. The lowest BCUT2D eigenvalue weighted by Crippen LogP contribution is -2.28. The molecule has 1 unspecified atom stereocenters. The summed E-state index contributed by atoms with van der Waals surface area (Å²) in [6, 6.07) is 6.77. The molecule has 0 spiro atoms. The van der Waals surface area contributed by atoms with Crippen LogP contribution < -0.4 is 5.32 Å². The van der Waals surface area contributed by atoms with Crippen molar-refractivity contribution >= 4 is 26.8 Å². The van der Waals surface area contributed by atoms with Crippen LogP contribution >= 0.6 is 15.9 Å². The van der Waals surface area contributed by atoms with Gasteiger partial charge in [0.25, 0.3) is 0 Å². The van der Waals surface area contributed by atoms with Crippen LogP contribution in [0.5, 0.6) is 0 Å². The normalized spacial score (nSPS) is 20.3. The van der Waals surface area contributed by atoms with Crippen molar-refractivity contribution in [2.24, 2.45) is 0 Å². The second-order valence-electron chi connectivity index (χ2n) is 5.86. The summed E-state index contributed by atoms with van der Waals surface area (Å²) in [6.07, 6.45) is 2.54. The number of aromatic amines is 1. The molecule has 0 saturated carbocycles. The molecule has 1 aromatic heterocycles. The van der Waals surface area contributed by atoms with Crippen LogP contribution in [0.1, 0.15) is 49.8 Å². The Morgan fingerprint density at radius 1 is 1.32 bits per heavy atom. The minimum Gasteiger partial charge on any atom is -0.357 e. The molecule has 3 heteroatoms. The van der Waals surface area contributed by atoms with Gasteiger partial charge in [-0.1, -0.05) is 19.9 Å². The second-order valence-corrected chi connectivity index (χ2v) is 6.65. The molecule has 2 nitrogen and oxygen atoms in total. The number of hydrogen-bond acceptors (Lipinski definition) is 1. The molecule has 1 fully saturated rings. The van der Waals surface area contributed by atoms with Crippen LogP contribution in [-0.2, 0) is 0 Å². The summed E-state index contributed by atoms with van der Waals surface area (Å²) < 4.78 is 1.26. The lowest BCUT2D eigenvalue weighted by Gasteiger charge is -2.22. The number of aromatic nitrogens is 1. The third-order valence-electron chi connectivity index (χ3n) is 4.16. The van der Waals surface area contributed by atoms with Gasteiger partial charge in [0.05, 0.1) is 0 Å². The fourth-order valence-corrected chi connectivity index (χ4v) is 3.69. The summed E-state index contributed by atoms with van der Waals surface area (Å²) in [4.78, 5) is 3.61. The van der Waals surface area contributed by atoms with E-state index in [4.69, 9.17) is 0 Å². The van der Waals surface area contributed by atoms with Crippen LogP contribution in [0.3, 0.4) is 0 Å². The van der Waals surface area contributed by atoms with Crippen molar-refractivity contribution in [2.75, 3.05) is 13.1 Å². The SMILES string of the molecule is CC(C)c1ccc2[nH]c(C3CCCNC3)c(Br)c2c1. The van der Waals surface area contributed by atoms with Crippen LogP contribution in [0.4, 0.5) is 0 Å². The molecule has 0 radical (unpaired) electrons. The Morgan fingerprint density at radius 2 is 2.16 bits per heavy atom. The Hall–Kier alpha value is -0.800. The Labute approximate surface area is 123 Å². The zero-order valence-corrected chi connectivity index (χ0v) is 13.2. The van der Waals surface area contributed by atoms with Gasteiger partial charge in [0, 0.05) is 33.5 Å². The van der Waals surface area contributed by atoms with Crippen molar-refractivity contribution in [3.8, 4) is 0 Å². The number of halogens is 1. The molecule has 2 aromatic rings. The summed E-state index contributed by atoms with van der Waals surface area (Å²) in [5, 5.41) is 4.82. The van der Waals surface area contributed by atoms with Gasteiger partial charge in [-0.25, -0.2) is 0 Å². The van der Waals surface area contributed by atoms with Crippen molar-refractivity contribution in [1.82, 2.24) is 10.3 Å².